The Kier molecular flexibility index (Phi) is 47.6. The third-order valence-corrected chi connectivity index (χ3v) is 13.6. The van der Waals surface area contributed by atoms with Gasteiger partial charge in [0.1, 0.15) is 10.1 Å². The minimum absolute atomic E-state index is 0. The van der Waals surface area contributed by atoms with Crippen LogP contribution in [0.25, 0.3) is 0 Å². The first kappa shape index (κ1) is 64.2. The van der Waals surface area contributed by atoms with Crippen molar-refractivity contribution in [3.63, 3.8) is 0 Å². The number of hydrogen-bond acceptors (Lipinski definition) is 7. The van der Waals surface area contributed by atoms with Gasteiger partial charge in [-0.3, -0.25) is 0 Å². The topological polar surface area (TPSA) is 110 Å². The molecule has 0 aromatic heterocycles. The summed E-state index contributed by atoms with van der Waals surface area (Å²) in [6, 6.07) is 3.52. The van der Waals surface area contributed by atoms with Gasteiger partial charge in [-0.15, -0.1) is 0 Å². The molecule has 0 fully saturated rings. The summed E-state index contributed by atoms with van der Waals surface area (Å²) in [5.41, 5.74) is -0.929. The van der Waals surface area contributed by atoms with Gasteiger partial charge < -0.3 is 14.0 Å². The smallest absolute Gasteiger partial charge is 0.744 e. The van der Waals surface area contributed by atoms with E-state index < -0.39 is 32.5 Å². The predicted molar refractivity (Wildman–Crippen MR) is 269 cm³/mol. The van der Waals surface area contributed by atoms with Crippen molar-refractivity contribution in [2.24, 2.45) is 0 Å². The average molecular weight is 954 g/mol. The van der Waals surface area contributed by atoms with E-state index in [0.29, 0.717) is 6.42 Å². The second-order valence-electron chi connectivity index (χ2n) is 18.7. The molecule has 0 atom stereocenters. The maximum Gasteiger partial charge on any atom is 1.00 e. The molecule has 0 unspecified atom stereocenters. The molecule has 0 saturated carbocycles. The Balaban J connectivity index is 0.0000410. The fourth-order valence-electron chi connectivity index (χ4n) is 8.63. The molecular weight excluding hydrogens is 856 g/mol. The molecule has 1 aromatic carbocycles. The van der Waals surface area contributed by atoms with Gasteiger partial charge in [0.25, 0.3) is 0 Å². The van der Waals surface area contributed by atoms with E-state index in [-0.39, 0.29) is 56.9 Å². The minimum Gasteiger partial charge on any atom is -0.744 e. The summed E-state index contributed by atoms with van der Waals surface area (Å²) in [7, 11) is -5.06. The van der Waals surface area contributed by atoms with Crippen molar-refractivity contribution in [1.29, 1.82) is 0 Å². The van der Waals surface area contributed by atoms with Gasteiger partial charge in [-0.2, -0.15) is 0 Å². The maximum absolute atomic E-state index is 13.0. The summed E-state index contributed by atoms with van der Waals surface area (Å²) in [5, 5.41) is 0. The molecule has 0 aliphatic heterocycles. The molecule has 0 saturated heterocycles. The summed E-state index contributed by atoms with van der Waals surface area (Å²) in [6.45, 7) is 4.55. The molecule has 7 nitrogen and oxygen atoms in total. The number of carbonyl (C=O) groups is 2. The first-order valence-corrected chi connectivity index (χ1v) is 28.5. The molecule has 65 heavy (non-hydrogen) atoms. The van der Waals surface area contributed by atoms with Gasteiger partial charge in [0, 0.05) is 0 Å². The quantitative estimate of drug-likeness (QED) is 0.0210. The third kappa shape index (κ3) is 39.7. The number of carbonyl (C=O) groups excluding carboxylic acids is 2. The third-order valence-electron chi connectivity index (χ3n) is 12.7. The second kappa shape index (κ2) is 48.2. The Labute approximate surface area is 443 Å². The molecule has 0 bridgehead atoms. The van der Waals surface area contributed by atoms with Gasteiger partial charge in [0.15, 0.2) is 0 Å². The fraction of sp³-hybridized carbons (Fsp3) is 0.786. The number of allylic oxidation sites excluding steroid dienone is 2. The van der Waals surface area contributed by atoms with Crippen LogP contribution in [0, 0.1) is 0 Å². The number of ether oxygens (including phenoxy) is 2. The van der Waals surface area contributed by atoms with Crippen LogP contribution in [-0.4, -0.2) is 24.9 Å². The summed E-state index contributed by atoms with van der Waals surface area (Å²) in [5.74, 6) is -2.01. The van der Waals surface area contributed by atoms with Gasteiger partial charge in [0.2, 0.25) is 0 Å². The second-order valence-corrected chi connectivity index (χ2v) is 20.0. The maximum atomic E-state index is 13.0. The van der Waals surface area contributed by atoms with Crippen molar-refractivity contribution >= 4 is 22.1 Å². The van der Waals surface area contributed by atoms with Gasteiger partial charge in [-0.25, -0.2) is 18.0 Å². The molecule has 1 aromatic rings. The molecule has 9 heteroatoms. The van der Waals surface area contributed by atoms with Crippen LogP contribution in [0.1, 0.15) is 304 Å². The van der Waals surface area contributed by atoms with Gasteiger partial charge in [-0.1, -0.05) is 264 Å². The molecule has 0 aliphatic carbocycles. The van der Waals surface area contributed by atoms with Crippen LogP contribution in [0.3, 0.4) is 0 Å². The van der Waals surface area contributed by atoms with Gasteiger partial charge >= 0.3 is 63.3 Å². The first-order valence-electron chi connectivity index (χ1n) is 27.1. The van der Waals surface area contributed by atoms with E-state index in [1.54, 1.807) is 12.2 Å². The van der Waals surface area contributed by atoms with Crippen molar-refractivity contribution < 1.29 is 83.4 Å². The van der Waals surface area contributed by atoms with Crippen LogP contribution in [0.15, 0.2) is 47.8 Å². The molecule has 0 spiro atoms. The Hall–Kier alpha value is -0.814. The zero-order valence-corrected chi connectivity index (χ0v) is 46.4. The molecule has 1 rings (SSSR count). The Bertz CT molecular complexity index is 1410. The standard InChI is InChI=1S/C56H98O7S.K/c1-3-5-7-9-11-13-15-17-19-21-23-25-27-29-31-33-35-37-39-41-43-45-50-62-55(57)52-48-47-49-53(64(59,60)61)54(52)56(58)63-51-46-44-42-40-38-36-34-32-30-28-26-24-22-20-18-16-14-12-10-8-6-4-2;/h45-51H,3-44H2,1-2H3,(H,59,60,61);/q;+1/p-1/b50-45+,51-46+;. The van der Waals surface area contributed by atoms with Crippen LogP contribution >= 0.6 is 0 Å². The van der Waals surface area contributed by atoms with E-state index in [4.69, 9.17) is 9.47 Å². The summed E-state index contributed by atoms with van der Waals surface area (Å²) < 4.78 is 46.5. The number of esters is 2. The van der Waals surface area contributed by atoms with Crippen molar-refractivity contribution in [3.8, 4) is 0 Å². The summed E-state index contributed by atoms with van der Waals surface area (Å²) in [6.07, 6.45) is 60.5. The molecule has 0 N–H and O–H groups in total. The fourth-order valence-corrected chi connectivity index (χ4v) is 9.32. The van der Waals surface area contributed by atoms with Crippen LogP contribution in [0.4, 0.5) is 0 Å². The average Bonchev–Trinajstić information content (AvgIpc) is 3.28. The predicted octanol–water partition coefficient (Wildman–Crippen LogP) is 15.4. The Morgan fingerprint density at radius 1 is 0.431 bits per heavy atom. The molecule has 0 radical (unpaired) electrons. The number of unbranched alkanes of at least 4 members (excludes halogenated alkanes) is 40. The summed E-state index contributed by atoms with van der Waals surface area (Å²) >= 11 is 0. The minimum atomic E-state index is -5.06. The van der Waals surface area contributed by atoms with Gasteiger partial charge in [0.05, 0.1) is 28.5 Å². The zero-order valence-electron chi connectivity index (χ0n) is 42.5. The summed E-state index contributed by atoms with van der Waals surface area (Å²) in [4.78, 5) is 25.2. The van der Waals surface area contributed by atoms with Crippen molar-refractivity contribution in [1.82, 2.24) is 0 Å². The van der Waals surface area contributed by atoms with E-state index in [9.17, 15) is 22.6 Å². The molecular formula is C56H97KO7S. The number of hydrogen-bond donors (Lipinski definition) is 0. The number of benzene rings is 1. The van der Waals surface area contributed by atoms with Gasteiger partial charge in [-0.05, 0) is 50.0 Å². The van der Waals surface area contributed by atoms with Crippen molar-refractivity contribution in [3.05, 3.63) is 54.0 Å². The largest absolute Gasteiger partial charge is 1.00 e. The van der Waals surface area contributed by atoms with E-state index >= 15 is 0 Å². The number of rotatable bonds is 47. The Morgan fingerprint density at radius 3 is 0.969 bits per heavy atom. The SMILES string of the molecule is CCCCCCCCCCCCCCCCCCCCCC/C=C/OC(=O)c1cccc(S(=O)(=O)[O-])c1C(=O)O/C=C/CCCCCCCCCCCCCCCCCCCCCC.[K+]. The molecule has 0 aliphatic rings. The first-order chi connectivity index (χ1) is 31.3. The van der Waals surface area contributed by atoms with Crippen molar-refractivity contribution in [2.45, 2.75) is 288 Å². The van der Waals surface area contributed by atoms with E-state index in [2.05, 4.69) is 13.8 Å². The van der Waals surface area contributed by atoms with Crippen molar-refractivity contribution in [2.75, 3.05) is 0 Å². The molecule has 370 valence electrons. The van der Waals surface area contributed by atoms with Crippen LogP contribution < -0.4 is 51.4 Å². The Morgan fingerprint density at radius 2 is 0.692 bits per heavy atom. The monoisotopic (exact) mass is 953 g/mol. The van der Waals surface area contributed by atoms with E-state index in [1.165, 1.54) is 256 Å². The van der Waals surface area contributed by atoms with Crippen LogP contribution in [-0.2, 0) is 19.6 Å². The van der Waals surface area contributed by atoms with E-state index in [0.717, 1.165) is 38.2 Å². The normalized spacial score (nSPS) is 11.7. The van der Waals surface area contributed by atoms with E-state index in [1.807, 2.05) is 0 Å². The zero-order chi connectivity index (χ0) is 46.4. The molecule has 0 amide bonds. The van der Waals surface area contributed by atoms with Crippen LogP contribution in [0.5, 0.6) is 0 Å². The molecule has 0 heterocycles. The van der Waals surface area contributed by atoms with Crippen LogP contribution in [0.2, 0.25) is 0 Å².